The third kappa shape index (κ3) is 2.68. The van der Waals surface area contributed by atoms with Crippen molar-refractivity contribution in [2.45, 2.75) is 6.61 Å². The number of carbonyl (C=O) groups is 1. The monoisotopic (exact) mass is 231 g/mol. The van der Waals surface area contributed by atoms with Gasteiger partial charge in [-0.25, -0.2) is 0 Å². The minimum atomic E-state index is -0.184. The van der Waals surface area contributed by atoms with Gasteiger partial charge >= 0.3 is 0 Å². The average molecular weight is 231 g/mol. The van der Waals surface area contributed by atoms with Gasteiger partial charge in [-0.2, -0.15) is 0 Å². The van der Waals surface area contributed by atoms with Crippen LogP contribution in [0.25, 0.3) is 0 Å². The second kappa shape index (κ2) is 5.34. The first-order valence-corrected chi connectivity index (χ1v) is 5.58. The Kier molecular flexibility index (Phi) is 3.81. The van der Waals surface area contributed by atoms with Gasteiger partial charge in [0.1, 0.15) is 7.85 Å². The number of nitrogens with zero attached hydrogens (tertiary/aromatic N) is 1. The second-order valence-electron chi connectivity index (χ2n) is 3.98. The van der Waals surface area contributed by atoms with Crippen molar-refractivity contribution < 1.29 is 14.6 Å². The van der Waals surface area contributed by atoms with Crippen molar-refractivity contribution in [2.24, 2.45) is 0 Å². The number of hydrogen-bond donors (Lipinski definition) is 1. The van der Waals surface area contributed by atoms with Gasteiger partial charge in [0.25, 0.3) is 5.91 Å². The Morgan fingerprint density at radius 3 is 2.76 bits per heavy atom. The number of morpholine rings is 1. The van der Waals surface area contributed by atoms with E-state index in [-0.39, 0.29) is 12.5 Å². The van der Waals surface area contributed by atoms with E-state index in [1.54, 1.807) is 23.1 Å². The van der Waals surface area contributed by atoms with Crippen LogP contribution in [0.4, 0.5) is 0 Å². The maximum absolute atomic E-state index is 12.2. The molecule has 1 N–H and O–H groups in total. The molecule has 0 bridgehead atoms. The van der Waals surface area contributed by atoms with Crippen LogP contribution in [0.3, 0.4) is 0 Å². The van der Waals surface area contributed by atoms with Crippen LogP contribution in [0.1, 0.15) is 15.9 Å². The number of hydrogen-bond acceptors (Lipinski definition) is 3. The lowest BCUT2D eigenvalue weighted by atomic mass is 9.92. The fourth-order valence-electron chi connectivity index (χ4n) is 1.89. The van der Waals surface area contributed by atoms with E-state index in [1.165, 1.54) is 0 Å². The number of aliphatic hydroxyl groups is 1. The van der Waals surface area contributed by atoms with Crippen LogP contribution < -0.4 is 5.46 Å². The van der Waals surface area contributed by atoms with Gasteiger partial charge in [0, 0.05) is 18.7 Å². The van der Waals surface area contributed by atoms with E-state index in [1.807, 2.05) is 0 Å². The third-order valence-electron chi connectivity index (χ3n) is 2.83. The maximum atomic E-state index is 12.2. The molecule has 0 aliphatic carbocycles. The molecule has 88 valence electrons. The van der Waals surface area contributed by atoms with Crippen LogP contribution >= 0.6 is 0 Å². The van der Waals surface area contributed by atoms with Crippen LogP contribution in [0.15, 0.2) is 18.2 Å². The van der Waals surface area contributed by atoms with Gasteiger partial charge < -0.3 is 14.7 Å². The Morgan fingerprint density at radius 2 is 2.12 bits per heavy atom. The van der Waals surface area contributed by atoms with E-state index in [9.17, 15) is 9.90 Å². The van der Waals surface area contributed by atoms with Crippen molar-refractivity contribution in [2.75, 3.05) is 26.3 Å². The second-order valence-corrected chi connectivity index (χ2v) is 3.98. The first-order chi connectivity index (χ1) is 8.22. The van der Waals surface area contributed by atoms with E-state index in [0.29, 0.717) is 42.9 Å². The summed E-state index contributed by atoms with van der Waals surface area (Å²) in [6, 6.07) is 4.97. The lowest BCUT2D eigenvalue weighted by Gasteiger charge is -2.27. The molecule has 1 fully saturated rings. The van der Waals surface area contributed by atoms with Gasteiger partial charge in [-0.05, 0) is 11.6 Å². The Balaban J connectivity index is 2.23. The molecule has 0 aromatic heterocycles. The molecule has 1 aliphatic heterocycles. The third-order valence-corrected chi connectivity index (χ3v) is 2.83. The molecule has 0 unspecified atom stereocenters. The summed E-state index contributed by atoms with van der Waals surface area (Å²) in [4.78, 5) is 13.9. The van der Waals surface area contributed by atoms with Crippen LogP contribution in [0, 0.1) is 0 Å². The summed E-state index contributed by atoms with van der Waals surface area (Å²) in [5.74, 6) is -0.0719. The summed E-state index contributed by atoms with van der Waals surface area (Å²) in [7, 11) is 5.63. The Labute approximate surface area is 102 Å². The molecule has 2 rings (SSSR count). The van der Waals surface area contributed by atoms with Crippen molar-refractivity contribution in [3.8, 4) is 0 Å². The molecule has 1 amide bonds. The zero-order valence-corrected chi connectivity index (χ0v) is 9.56. The normalized spacial score (nSPS) is 15.9. The standard InChI is InChI=1S/C12H14BNO3/c13-10-1-2-11(9(7-10)8-15)12(16)14-3-5-17-6-4-14/h1-2,7,15H,3-6,8H2. The van der Waals surface area contributed by atoms with E-state index in [0.717, 1.165) is 0 Å². The molecule has 4 nitrogen and oxygen atoms in total. The highest BCUT2D eigenvalue weighted by molar-refractivity contribution is 6.32. The van der Waals surface area contributed by atoms with Gasteiger partial charge in [-0.3, -0.25) is 4.79 Å². The molecule has 5 heteroatoms. The quantitative estimate of drug-likeness (QED) is 0.694. The predicted molar refractivity (Wildman–Crippen MR) is 64.5 cm³/mol. The van der Waals surface area contributed by atoms with Crippen molar-refractivity contribution in [3.05, 3.63) is 29.3 Å². The summed E-state index contributed by atoms with van der Waals surface area (Å²) in [6.07, 6.45) is 0. The van der Waals surface area contributed by atoms with Crippen molar-refractivity contribution in [3.63, 3.8) is 0 Å². The molecule has 0 spiro atoms. The number of ether oxygens (including phenoxy) is 1. The molecular weight excluding hydrogens is 217 g/mol. The van der Waals surface area contributed by atoms with Crippen LogP contribution in [0.5, 0.6) is 0 Å². The van der Waals surface area contributed by atoms with Gasteiger partial charge in [0.05, 0.1) is 19.8 Å². The zero-order valence-electron chi connectivity index (χ0n) is 9.56. The van der Waals surface area contributed by atoms with E-state index < -0.39 is 0 Å². The minimum absolute atomic E-state index is 0.0719. The van der Waals surface area contributed by atoms with Crippen molar-refractivity contribution >= 4 is 19.2 Å². The minimum Gasteiger partial charge on any atom is -0.392 e. The molecule has 0 saturated carbocycles. The number of amides is 1. The summed E-state index contributed by atoms with van der Waals surface area (Å²) in [5.41, 5.74) is 1.64. The maximum Gasteiger partial charge on any atom is 0.254 e. The molecule has 1 saturated heterocycles. The zero-order chi connectivity index (χ0) is 12.3. The van der Waals surface area contributed by atoms with E-state index in [2.05, 4.69) is 0 Å². The molecule has 2 radical (unpaired) electrons. The number of aliphatic hydroxyl groups excluding tert-OH is 1. The summed E-state index contributed by atoms with van der Waals surface area (Å²) >= 11 is 0. The van der Waals surface area contributed by atoms with Crippen LogP contribution in [-0.4, -0.2) is 50.1 Å². The molecule has 17 heavy (non-hydrogen) atoms. The highest BCUT2D eigenvalue weighted by Gasteiger charge is 2.20. The van der Waals surface area contributed by atoms with Gasteiger partial charge in [0.2, 0.25) is 0 Å². The summed E-state index contributed by atoms with van der Waals surface area (Å²) in [5, 5.41) is 9.24. The number of rotatable bonds is 2. The lowest BCUT2D eigenvalue weighted by Crippen LogP contribution is -2.41. The first kappa shape index (κ1) is 12.1. The molecular formula is C12H14BNO3. The van der Waals surface area contributed by atoms with Crippen LogP contribution in [-0.2, 0) is 11.3 Å². The van der Waals surface area contributed by atoms with Crippen molar-refractivity contribution in [1.82, 2.24) is 4.90 Å². The summed E-state index contributed by atoms with van der Waals surface area (Å²) in [6.45, 7) is 2.13. The Morgan fingerprint density at radius 1 is 1.41 bits per heavy atom. The highest BCUT2D eigenvalue weighted by Crippen LogP contribution is 2.12. The fraction of sp³-hybridized carbons (Fsp3) is 0.417. The first-order valence-electron chi connectivity index (χ1n) is 5.58. The van der Waals surface area contributed by atoms with Crippen molar-refractivity contribution in [1.29, 1.82) is 0 Å². The molecule has 1 heterocycles. The smallest absolute Gasteiger partial charge is 0.254 e. The lowest BCUT2D eigenvalue weighted by molar-refractivity contribution is 0.0301. The fourth-order valence-corrected chi connectivity index (χ4v) is 1.89. The molecule has 1 aromatic carbocycles. The average Bonchev–Trinajstić information content (AvgIpc) is 2.39. The largest absolute Gasteiger partial charge is 0.392 e. The predicted octanol–water partition coefficient (Wildman–Crippen LogP) is -0.555. The topological polar surface area (TPSA) is 49.8 Å². The molecule has 1 aromatic rings. The Hall–Kier alpha value is -1.33. The van der Waals surface area contributed by atoms with E-state index >= 15 is 0 Å². The number of carbonyl (C=O) groups excluding carboxylic acids is 1. The van der Waals surface area contributed by atoms with Crippen LogP contribution in [0.2, 0.25) is 0 Å². The van der Waals surface area contributed by atoms with Gasteiger partial charge in [0.15, 0.2) is 0 Å². The summed E-state index contributed by atoms with van der Waals surface area (Å²) < 4.78 is 5.20. The Bertz CT molecular complexity index is 416. The molecule has 1 aliphatic rings. The number of benzene rings is 1. The van der Waals surface area contributed by atoms with Gasteiger partial charge in [-0.1, -0.05) is 17.6 Å². The van der Waals surface area contributed by atoms with Gasteiger partial charge in [-0.15, -0.1) is 0 Å². The highest BCUT2D eigenvalue weighted by atomic mass is 16.5. The SMILES string of the molecule is [B]c1ccc(C(=O)N2CCOCC2)c(CO)c1. The molecule has 0 atom stereocenters. The van der Waals surface area contributed by atoms with E-state index in [4.69, 9.17) is 12.6 Å².